The summed E-state index contributed by atoms with van der Waals surface area (Å²) in [5.74, 6) is -1.21. The topological polar surface area (TPSA) is 105 Å². The van der Waals surface area contributed by atoms with Gasteiger partial charge in [-0.3, -0.25) is 9.59 Å². The molecule has 1 fully saturated rings. The average molecular weight is 548 g/mol. The maximum atomic E-state index is 13.7. The first-order valence-corrected chi connectivity index (χ1v) is 13.3. The van der Waals surface area contributed by atoms with Crippen molar-refractivity contribution >= 4 is 23.4 Å². The van der Waals surface area contributed by atoms with Crippen LogP contribution < -0.4 is 15.5 Å². The Labute approximate surface area is 230 Å². The molecule has 4 aromatic rings. The molecule has 1 aliphatic heterocycles. The van der Waals surface area contributed by atoms with E-state index in [9.17, 15) is 18.4 Å². The van der Waals surface area contributed by atoms with E-state index in [0.717, 1.165) is 29.2 Å². The third-order valence-electron chi connectivity index (χ3n) is 7.19. The number of piperidine rings is 1. The van der Waals surface area contributed by atoms with Gasteiger partial charge in [0.15, 0.2) is 11.6 Å². The Balaban J connectivity index is 1.29. The molecular formula is C29H31F2N7O2. The van der Waals surface area contributed by atoms with E-state index in [1.165, 1.54) is 24.9 Å². The Bertz CT molecular complexity index is 1520. The molecule has 40 heavy (non-hydrogen) atoms. The van der Waals surface area contributed by atoms with Crippen LogP contribution in [0.1, 0.15) is 42.1 Å². The highest BCUT2D eigenvalue weighted by atomic mass is 19.2. The molecule has 2 amide bonds. The third-order valence-corrected chi connectivity index (χ3v) is 7.19. The van der Waals surface area contributed by atoms with E-state index in [0.29, 0.717) is 43.7 Å². The molecule has 9 nitrogen and oxygen atoms in total. The van der Waals surface area contributed by atoms with Gasteiger partial charge < -0.3 is 15.5 Å². The lowest BCUT2D eigenvalue weighted by molar-refractivity contribution is -0.128. The van der Waals surface area contributed by atoms with Crippen molar-refractivity contribution in [1.29, 1.82) is 0 Å². The minimum Gasteiger partial charge on any atom is -0.356 e. The van der Waals surface area contributed by atoms with Gasteiger partial charge in [0.2, 0.25) is 11.8 Å². The number of carbonyl (C=O) groups is 2. The van der Waals surface area contributed by atoms with E-state index in [4.69, 9.17) is 0 Å². The molecule has 2 N–H and O–H groups in total. The van der Waals surface area contributed by atoms with E-state index >= 15 is 0 Å². The van der Waals surface area contributed by atoms with Crippen LogP contribution >= 0.6 is 0 Å². The SMILES string of the molecule is CC(=O)N[C@@H](Cc1ccc(F)c(F)c1)C(=O)NC1CCN(c2c(Cc3ccccc3)c(C)nc3ncnn23)CC1. The van der Waals surface area contributed by atoms with Crippen LogP contribution in [0.5, 0.6) is 0 Å². The maximum Gasteiger partial charge on any atom is 0.254 e. The van der Waals surface area contributed by atoms with Gasteiger partial charge in [-0.25, -0.2) is 13.8 Å². The number of rotatable bonds is 8. The summed E-state index contributed by atoms with van der Waals surface area (Å²) in [5, 5.41) is 10.1. The van der Waals surface area contributed by atoms with E-state index in [-0.39, 0.29) is 24.3 Å². The molecule has 0 aliphatic carbocycles. The lowest BCUT2D eigenvalue weighted by Gasteiger charge is -2.35. The summed E-state index contributed by atoms with van der Waals surface area (Å²) in [6.07, 6.45) is 3.59. The van der Waals surface area contributed by atoms with Crippen molar-refractivity contribution in [2.75, 3.05) is 18.0 Å². The van der Waals surface area contributed by atoms with Gasteiger partial charge in [0.05, 0.1) is 0 Å². The fourth-order valence-corrected chi connectivity index (χ4v) is 5.19. The van der Waals surface area contributed by atoms with Crippen molar-refractivity contribution in [1.82, 2.24) is 30.2 Å². The number of hydrogen-bond donors (Lipinski definition) is 2. The molecular weight excluding hydrogens is 516 g/mol. The number of fused-ring (bicyclic) bond motifs is 1. The number of carbonyl (C=O) groups excluding carboxylic acids is 2. The van der Waals surface area contributed by atoms with Crippen molar-refractivity contribution in [3.63, 3.8) is 0 Å². The fourth-order valence-electron chi connectivity index (χ4n) is 5.19. The first-order valence-electron chi connectivity index (χ1n) is 13.3. The van der Waals surface area contributed by atoms with E-state index in [1.807, 2.05) is 25.1 Å². The fraction of sp³-hybridized carbons (Fsp3) is 0.345. The third kappa shape index (κ3) is 6.08. The largest absolute Gasteiger partial charge is 0.356 e. The minimum atomic E-state index is -0.994. The van der Waals surface area contributed by atoms with Crippen LogP contribution in [0, 0.1) is 18.6 Å². The number of aryl methyl sites for hydroxylation is 1. The van der Waals surface area contributed by atoms with Crippen LogP contribution in [0.15, 0.2) is 54.9 Å². The highest BCUT2D eigenvalue weighted by Gasteiger charge is 2.28. The van der Waals surface area contributed by atoms with Crippen molar-refractivity contribution < 1.29 is 18.4 Å². The summed E-state index contributed by atoms with van der Waals surface area (Å²) in [6.45, 7) is 4.63. The quantitative estimate of drug-likeness (QED) is 0.351. The van der Waals surface area contributed by atoms with E-state index < -0.39 is 17.7 Å². The Morgan fingerprint density at radius 1 is 1.05 bits per heavy atom. The van der Waals surface area contributed by atoms with Crippen molar-refractivity contribution in [2.45, 2.75) is 51.6 Å². The predicted molar refractivity (Wildman–Crippen MR) is 146 cm³/mol. The lowest BCUT2D eigenvalue weighted by atomic mass is 10.00. The van der Waals surface area contributed by atoms with Gasteiger partial charge in [0.25, 0.3) is 5.78 Å². The van der Waals surface area contributed by atoms with Gasteiger partial charge in [-0.2, -0.15) is 14.6 Å². The Morgan fingerprint density at radius 2 is 1.80 bits per heavy atom. The second kappa shape index (κ2) is 11.8. The average Bonchev–Trinajstić information content (AvgIpc) is 3.39. The Kier molecular flexibility index (Phi) is 7.99. The van der Waals surface area contributed by atoms with Crippen LogP contribution in [-0.2, 0) is 22.4 Å². The summed E-state index contributed by atoms with van der Waals surface area (Å²) in [5.41, 5.74) is 3.55. The van der Waals surface area contributed by atoms with Gasteiger partial charge in [-0.15, -0.1) is 0 Å². The molecule has 2 aromatic carbocycles. The summed E-state index contributed by atoms with van der Waals surface area (Å²) < 4.78 is 28.8. The molecule has 0 unspecified atom stereocenters. The number of halogens is 2. The first kappa shape index (κ1) is 27.2. The zero-order valence-electron chi connectivity index (χ0n) is 22.4. The van der Waals surface area contributed by atoms with Crippen LogP contribution in [0.2, 0.25) is 0 Å². The molecule has 1 atom stereocenters. The second-order valence-electron chi connectivity index (χ2n) is 10.1. The molecule has 1 aliphatic rings. The molecule has 0 radical (unpaired) electrons. The molecule has 1 saturated heterocycles. The number of hydrogen-bond acceptors (Lipinski definition) is 6. The van der Waals surface area contributed by atoms with Gasteiger partial charge in [-0.1, -0.05) is 36.4 Å². The predicted octanol–water partition coefficient (Wildman–Crippen LogP) is 3.13. The summed E-state index contributed by atoms with van der Waals surface area (Å²) in [7, 11) is 0. The molecule has 208 valence electrons. The monoisotopic (exact) mass is 547 g/mol. The number of aromatic nitrogens is 4. The molecule has 0 saturated carbocycles. The standard InChI is InChI=1S/C29H31F2N7O2/c1-18-23(14-20-6-4-3-5-7-20)28(38-29(34-18)32-17-33-38)37-12-10-22(11-13-37)36-27(40)26(35-19(2)39)16-21-8-9-24(30)25(31)15-21/h3-9,15,17,22,26H,10-14,16H2,1-2H3,(H,35,39)(H,36,40)/t26-/m0/s1. The van der Waals surface area contributed by atoms with Crippen LogP contribution in [0.25, 0.3) is 5.78 Å². The Hall–Kier alpha value is -4.41. The summed E-state index contributed by atoms with van der Waals surface area (Å²) in [4.78, 5) is 36.2. The summed E-state index contributed by atoms with van der Waals surface area (Å²) >= 11 is 0. The van der Waals surface area contributed by atoms with Crippen molar-refractivity contribution in [2.24, 2.45) is 0 Å². The van der Waals surface area contributed by atoms with Gasteiger partial charge >= 0.3 is 0 Å². The first-order chi connectivity index (χ1) is 19.3. The van der Waals surface area contributed by atoms with Crippen LogP contribution in [0.4, 0.5) is 14.6 Å². The second-order valence-corrected chi connectivity index (χ2v) is 10.1. The Morgan fingerprint density at radius 3 is 2.50 bits per heavy atom. The number of nitrogens with one attached hydrogen (secondary N) is 2. The zero-order chi connectivity index (χ0) is 28.2. The number of nitrogens with zero attached hydrogens (tertiary/aromatic N) is 5. The van der Waals surface area contributed by atoms with Crippen molar-refractivity contribution in [3.05, 3.63) is 88.9 Å². The van der Waals surface area contributed by atoms with E-state index in [1.54, 1.807) is 4.52 Å². The molecule has 0 spiro atoms. The van der Waals surface area contributed by atoms with Crippen LogP contribution in [0.3, 0.4) is 0 Å². The smallest absolute Gasteiger partial charge is 0.254 e. The van der Waals surface area contributed by atoms with Gasteiger partial charge in [0, 0.05) is 50.2 Å². The highest BCUT2D eigenvalue weighted by Crippen LogP contribution is 2.28. The highest BCUT2D eigenvalue weighted by molar-refractivity contribution is 5.87. The van der Waals surface area contributed by atoms with Gasteiger partial charge in [-0.05, 0) is 43.0 Å². The normalized spacial score (nSPS) is 14.8. The number of anilines is 1. The lowest BCUT2D eigenvalue weighted by Crippen LogP contribution is -2.52. The molecule has 11 heteroatoms. The number of benzene rings is 2. The van der Waals surface area contributed by atoms with E-state index in [2.05, 4.69) is 42.7 Å². The van der Waals surface area contributed by atoms with Gasteiger partial charge in [0.1, 0.15) is 18.2 Å². The minimum absolute atomic E-state index is 0.0465. The van der Waals surface area contributed by atoms with Crippen molar-refractivity contribution in [3.8, 4) is 0 Å². The molecule has 2 aromatic heterocycles. The summed E-state index contributed by atoms with van der Waals surface area (Å²) in [6, 6.07) is 12.6. The molecule has 0 bridgehead atoms. The maximum absolute atomic E-state index is 13.7. The van der Waals surface area contributed by atoms with Crippen LogP contribution in [-0.4, -0.2) is 56.6 Å². The molecule has 5 rings (SSSR count). The number of amides is 2. The zero-order valence-corrected chi connectivity index (χ0v) is 22.4. The molecule has 3 heterocycles.